The summed E-state index contributed by atoms with van der Waals surface area (Å²) in [5.41, 5.74) is 2.68. The van der Waals surface area contributed by atoms with Crippen molar-refractivity contribution < 1.29 is 14.3 Å². The van der Waals surface area contributed by atoms with Crippen molar-refractivity contribution >= 4 is 11.8 Å². The van der Waals surface area contributed by atoms with E-state index in [0.717, 1.165) is 12.8 Å². The largest absolute Gasteiger partial charge is 0.500 e. The van der Waals surface area contributed by atoms with E-state index in [1.54, 1.807) is 0 Å². The molecule has 0 unspecified atom stereocenters. The van der Waals surface area contributed by atoms with E-state index in [0.29, 0.717) is 13.2 Å². The van der Waals surface area contributed by atoms with Crippen molar-refractivity contribution in [3.05, 3.63) is 11.8 Å². The summed E-state index contributed by atoms with van der Waals surface area (Å²) in [6, 6.07) is 0. The predicted molar refractivity (Wildman–Crippen MR) is 86.8 cm³/mol. The van der Waals surface area contributed by atoms with E-state index in [1.807, 2.05) is 6.92 Å². The van der Waals surface area contributed by atoms with Crippen molar-refractivity contribution in [2.75, 3.05) is 13.2 Å². The smallest absolute Gasteiger partial charge is 0.281 e. The molecule has 126 valence electrons. The van der Waals surface area contributed by atoms with Gasteiger partial charge in [0.25, 0.3) is 11.8 Å². The molecule has 5 heteroatoms. The molecule has 1 aliphatic rings. The Hall–Kier alpha value is -1.52. The van der Waals surface area contributed by atoms with Crippen molar-refractivity contribution in [2.45, 2.75) is 71.6 Å². The molecule has 0 bridgehead atoms. The first-order chi connectivity index (χ1) is 10.7. The number of unbranched alkanes of at least 4 members (excludes halogenated alkanes) is 8. The SMILES string of the molecule is CCCCCCCCCCCN1NC(=O)C(=COCC)C1=O. The van der Waals surface area contributed by atoms with Crippen LogP contribution in [0.15, 0.2) is 11.8 Å². The molecule has 1 saturated heterocycles. The third kappa shape index (κ3) is 6.50. The summed E-state index contributed by atoms with van der Waals surface area (Å²) in [7, 11) is 0. The van der Waals surface area contributed by atoms with Crippen LogP contribution in [0.3, 0.4) is 0 Å². The average Bonchev–Trinajstić information content (AvgIpc) is 2.78. The van der Waals surface area contributed by atoms with Gasteiger partial charge in [-0.3, -0.25) is 15.0 Å². The quantitative estimate of drug-likeness (QED) is 0.260. The van der Waals surface area contributed by atoms with Crippen LogP contribution in [-0.4, -0.2) is 30.0 Å². The second-order valence-electron chi connectivity index (χ2n) is 5.71. The molecule has 0 saturated carbocycles. The van der Waals surface area contributed by atoms with Crippen LogP contribution >= 0.6 is 0 Å². The molecule has 1 aliphatic heterocycles. The maximum absolute atomic E-state index is 12.0. The van der Waals surface area contributed by atoms with Crippen molar-refractivity contribution in [3.63, 3.8) is 0 Å². The van der Waals surface area contributed by atoms with E-state index in [9.17, 15) is 9.59 Å². The van der Waals surface area contributed by atoms with Crippen LogP contribution in [0.1, 0.15) is 71.6 Å². The molecule has 0 aromatic rings. The van der Waals surface area contributed by atoms with Gasteiger partial charge in [-0.25, -0.2) is 5.01 Å². The Morgan fingerprint density at radius 2 is 1.55 bits per heavy atom. The van der Waals surface area contributed by atoms with Crippen LogP contribution in [0.5, 0.6) is 0 Å². The first kappa shape index (κ1) is 18.5. The third-order valence-corrected chi connectivity index (χ3v) is 3.81. The van der Waals surface area contributed by atoms with Crippen LogP contribution in [0.2, 0.25) is 0 Å². The van der Waals surface area contributed by atoms with Gasteiger partial charge in [-0.05, 0) is 13.3 Å². The Bertz CT molecular complexity index is 380. The van der Waals surface area contributed by atoms with Crippen LogP contribution in [0, 0.1) is 0 Å². The molecular weight excluding hydrogens is 280 g/mol. The van der Waals surface area contributed by atoms with Crippen molar-refractivity contribution in [1.82, 2.24) is 10.4 Å². The Morgan fingerprint density at radius 3 is 2.14 bits per heavy atom. The first-order valence-corrected chi connectivity index (χ1v) is 8.65. The average molecular weight is 310 g/mol. The first-order valence-electron chi connectivity index (χ1n) is 8.65. The molecule has 1 rings (SSSR count). The third-order valence-electron chi connectivity index (χ3n) is 3.81. The van der Waals surface area contributed by atoms with Crippen LogP contribution in [0.4, 0.5) is 0 Å². The number of carbonyl (C=O) groups excluding carboxylic acids is 2. The zero-order chi connectivity index (χ0) is 16.2. The van der Waals surface area contributed by atoms with Crippen molar-refractivity contribution in [2.24, 2.45) is 0 Å². The van der Waals surface area contributed by atoms with E-state index < -0.39 is 0 Å². The van der Waals surface area contributed by atoms with Gasteiger partial charge in [0.1, 0.15) is 11.8 Å². The topological polar surface area (TPSA) is 58.6 Å². The van der Waals surface area contributed by atoms with Crippen LogP contribution in [0.25, 0.3) is 0 Å². The molecule has 0 aliphatic carbocycles. The summed E-state index contributed by atoms with van der Waals surface area (Å²) in [5.74, 6) is -0.646. The number of ether oxygens (including phenoxy) is 1. The van der Waals surface area contributed by atoms with Gasteiger partial charge < -0.3 is 4.74 Å². The zero-order valence-electron chi connectivity index (χ0n) is 14.0. The lowest BCUT2D eigenvalue weighted by Gasteiger charge is -2.14. The number of hydrogen-bond donors (Lipinski definition) is 1. The van der Waals surface area contributed by atoms with E-state index in [1.165, 1.54) is 56.2 Å². The van der Waals surface area contributed by atoms with Gasteiger partial charge in [-0.15, -0.1) is 0 Å². The van der Waals surface area contributed by atoms with Gasteiger partial charge in [0.05, 0.1) is 6.61 Å². The van der Waals surface area contributed by atoms with E-state index in [-0.39, 0.29) is 17.4 Å². The van der Waals surface area contributed by atoms with Gasteiger partial charge in [0.15, 0.2) is 0 Å². The molecule has 1 fully saturated rings. The Labute approximate surface area is 134 Å². The lowest BCUT2D eigenvalue weighted by atomic mass is 10.1. The summed E-state index contributed by atoms with van der Waals surface area (Å²) in [4.78, 5) is 23.6. The lowest BCUT2D eigenvalue weighted by molar-refractivity contribution is -0.128. The van der Waals surface area contributed by atoms with Gasteiger partial charge >= 0.3 is 0 Å². The monoisotopic (exact) mass is 310 g/mol. The fourth-order valence-electron chi connectivity index (χ4n) is 2.48. The Kier molecular flexibility index (Phi) is 9.35. The normalized spacial score (nSPS) is 16.5. The van der Waals surface area contributed by atoms with E-state index in [2.05, 4.69) is 12.3 Å². The highest BCUT2D eigenvalue weighted by molar-refractivity contribution is 6.22. The second kappa shape index (κ2) is 11.1. The molecule has 0 aromatic heterocycles. The number of nitrogens with zero attached hydrogens (tertiary/aromatic N) is 1. The Balaban J connectivity index is 2.11. The number of nitrogens with one attached hydrogen (secondary N) is 1. The molecule has 1 N–H and O–H groups in total. The summed E-state index contributed by atoms with van der Waals surface area (Å²) >= 11 is 0. The van der Waals surface area contributed by atoms with Gasteiger partial charge in [0, 0.05) is 6.54 Å². The molecule has 0 aromatic carbocycles. The van der Waals surface area contributed by atoms with E-state index >= 15 is 0 Å². The summed E-state index contributed by atoms with van der Waals surface area (Å²) in [6.45, 7) is 5.06. The molecule has 2 amide bonds. The number of hydrogen-bond acceptors (Lipinski definition) is 3. The van der Waals surface area contributed by atoms with Crippen molar-refractivity contribution in [3.8, 4) is 0 Å². The molecular formula is C17H30N2O3. The molecule has 0 radical (unpaired) electrons. The molecule has 1 heterocycles. The molecule has 0 atom stereocenters. The second-order valence-corrected chi connectivity index (χ2v) is 5.71. The maximum Gasteiger partial charge on any atom is 0.281 e. The highest BCUT2D eigenvalue weighted by Gasteiger charge is 2.33. The molecule has 0 spiro atoms. The minimum absolute atomic E-state index is 0.0952. The summed E-state index contributed by atoms with van der Waals surface area (Å²) in [5, 5.41) is 1.40. The minimum Gasteiger partial charge on any atom is -0.500 e. The van der Waals surface area contributed by atoms with Gasteiger partial charge in [-0.2, -0.15) is 0 Å². The highest BCUT2D eigenvalue weighted by Crippen LogP contribution is 2.13. The van der Waals surface area contributed by atoms with Crippen LogP contribution < -0.4 is 5.43 Å². The van der Waals surface area contributed by atoms with Crippen LogP contribution in [-0.2, 0) is 14.3 Å². The summed E-state index contributed by atoms with van der Waals surface area (Å²) in [6.07, 6.45) is 12.3. The lowest BCUT2D eigenvalue weighted by Crippen LogP contribution is -2.36. The number of carbonyl (C=O) groups is 2. The zero-order valence-corrected chi connectivity index (χ0v) is 14.0. The number of rotatable bonds is 12. The fraction of sp³-hybridized carbons (Fsp3) is 0.765. The predicted octanol–water partition coefficient (Wildman–Crippen LogP) is 3.31. The summed E-state index contributed by atoms with van der Waals surface area (Å²) < 4.78 is 5.03. The number of hydrazine groups is 1. The fourth-order valence-corrected chi connectivity index (χ4v) is 2.48. The molecule has 22 heavy (non-hydrogen) atoms. The maximum atomic E-state index is 12.0. The van der Waals surface area contributed by atoms with Gasteiger partial charge in [-0.1, -0.05) is 58.3 Å². The highest BCUT2D eigenvalue weighted by atomic mass is 16.5. The standard InChI is InChI=1S/C17H30N2O3/c1-3-5-6-7-8-9-10-11-12-13-19-17(21)15(14-22-4-2)16(20)18-19/h14H,3-13H2,1-2H3,(H,18,20). The van der Waals surface area contributed by atoms with E-state index in [4.69, 9.17) is 4.74 Å². The van der Waals surface area contributed by atoms with Gasteiger partial charge in [0.2, 0.25) is 0 Å². The Morgan fingerprint density at radius 1 is 0.955 bits per heavy atom. The number of amides is 2. The minimum atomic E-state index is -0.366. The van der Waals surface area contributed by atoms with Crippen molar-refractivity contribution in [1.29, 1.82) is 0 Å². The molecule has 5 nitrogen and oxygen atoms in total.